The molecule has 20 heavy (non-hydrogen) atoms. The van der Waals surface area contributed by atoms with Crippen molar-refractivity contribution in [3.05, 3.63) is 27.7 Å². The minimum atomic E-state index is 0.197. The SMILES string of the molecule is CC1(C)C(C(N)Cc2cc(Br)cc3c2OCC3)C1(C)C. The molecule has 1 atom stereocenters. The van der Waals surface area contributed by atoms with Crippen molar-refractivity contribution in [3.63, 3.8) is 0 Å². The zero-order valence-corrected chi connectivity index (χ0v) is 14.4. The predicted octanol–water partition coefficient (Wildman–Crippen LogP) is 3.94. The van der Waals surface area contributed by atoms with Crippen LogP contribution >= 0.6 is 15.9 Å². The molecule has 1 heterocycles. The van der Waals surface area contributed by atoms with Gasteiger partial charge in [0.1, 0.15) is 5.75 Å². The third-order valence-corrected chi connectivity index (χ3v) is 6.30. The summed E-state index contributed by atoms with van der Waals surface area (Å²) in [6.07, 6.45) is 1.91. The van der Waals surface area contributed by atoms with Crippen LogP contribution in [0.4, 0.5) is 0 Å². The number of ether oxygens (including phenoxy) is 1. The Morgan fingerprint density at radius 1 is 1.30 bits per heavy atom. The molecule has 1 fully saturated rings. The first-order valence-electron chi connectivity index (χ1n) is 7.45. The molecule has 2 aliphatic rings. The minimum Gasteiger partial charge on any atom is -0.493 e. The van der Waals surface area contributed by atoms with E-state index in [0.717, 1.165) is 29.7 Å². The summed E-state index contributed by atoms with van der Waals surface area (Å²) < 4.78 is 6.95. The van der Waals surface area contributed by atoms with Gasteiger partial charge in [-0.15, -0.1) is 0 Å². The van der Waals surface area contributed by atoms with Crippen molar-refractivity contribution in [2.75, 3.05) is 6.61 Å². The van der Waals surface area contributed by atoms with Crippen molar-refractivity contribution in [1.29, 1.82) is 0 Å². The summed E-state index contributed by atoms with van der Waals surface area (Å²) in [7, 11) is 0. The van der Waals surface area contributed by atoms with Gasteiger partial charge in [0.05, 0.1) is 6.61 Å². The van der Waals surface area contributed by atoms with Gasteiger partial charge in [0.25, 0.3) is 0 Å². The van der Waals surface area contributed by atoms with Gasteiger partial charge in [-0.3, -0.25) is 0 Å². The summed E-state index contributed by atoms with van der Waals surface area (Å²) in [5.74, 6) is 1.66. The van der Waals surface area contributed by atoms with Crippen LogP contribution < -0.4 is 10.5 Å². The van der Waals surface area contributed by atoms with Gasteiger partial charge in [-0.25, -0.2) is 0 Å². The topological polar surface area (TPSA) is 35.2 Å². The van der Waals surface area contributed by atoms with Crippen molar-refractivity contribution >= 4 is 15.9 Å². The van der Waals surface area contributed by atoms with Crippen LogP contribution in [0.15, 0.2) is 16.6 Å². The molecule has 110 valence electrons. The van der Waals surface area contributed by atoms with Gasteiger partial charge in [0.15, 0.2) is 0 Å². The molecule has 1 unspecified atom stereocenters. The molecule has 0 spiro atoms. The highest BCUT2D eigenvalue weighted by molar-refractivity contribution is 9.10. The molecule has 1 aliphatic carbocycles. The quantitative estimate of drug-likeness (QED) is 0.906. The van der Waals surface area contributed by atoms with Crippen LogP contribution in [0.3, 0.4) is 0 Å². The minimum absolute atomic E-state index is 0.197. The van der Waals surface area contributed by atoms with Crippen LogP contribution in [0, 0.1) is 16.7 Å². The van der Waals surface area contributed by atoms with Crippen LogP contribution in [-0.2, 0) is 12.8 Å². The molecule has 0 bridgehead atoms. The van der Waals surface area contributed by atoms with Crippen molar-refractivity contribution in [2.24, 2.45) is 22.5 Å². The molecule has 0 radical (unpaired) electrons. The molecular formula is C17H24BrNO. The van der Waals surface area contributed by atoms with Gasteiger partial charge < -0.3 is 10.5 Å². The van der Waals surface area contributed by atoms with Crippen molar-refractivity contribution in [3.8, 4) is 5.75 Å². The number of hydrogen-bond acceptors (Lipinski definition) is 2. The van der Waals surface area contributed by atoms with Gasteiger partial charge in [-0.05, 0) is 46.4 Å². The first-order chi connectivity index (χ1) is 9.25. The second-order valence-corrected chi connectivity index (χ2v) is 8.36. The molecule has 0 amide bonds. The molecule has 3 heteroatoms. The van der Waals surface area contributed by atoms with Gasteiger partial charge in [-0.2, -0.15) is 0 Å². The second-order valence-electron chi connectivity index (χ2n) is 7.44. The molecule has 1 saturated carbocycles. The summed E-state index contributed by atoms with van der Waals surface area (Å²) in [6, 6.07) is 4.54. The Hall–Kier alpha value is -0.540. The fraction of sp³-hybridized carbons (Fsp3) is 0.647. The molecule has 1 aromatic rings. The lowest BCUT2D eigenvalue weighted by Crippen LogP contribution is -2.28. The molecule has 1 aliphatic heterocycles. The first kappa shape index (κ1) is 14.4. The number of fused-ring (bicyclic) bond motifs is 1. The maximum Gasteiger partial charge on any atom is 0.125 e. The van der Waals surface area contributed by atoms with E-state index in [-0.39, 0.29) is 6.04 Å². The van der Waals surface area contributed by atoms with E-state index in [9.17, 15) is 0 Å². The largest absolute Gasteiger partial charge is 0.493 e. The average Bonchev–Trinajstić information content (AvgIpc) is 2.66. The van der Waals surface area contributed by atoms with E-state index in [4.69, 9.17) is 10.5 Å². The summed E-state index contributed by atoms with van der Waals surface area (Å²) in [5, 5.41) is 0. The van der Waals surface area contributed by atoms with E-state index in [1.165, 1.54) is 11.1 Å². The highest BCUT2D eigenvalue weighted by Gasteiger charge is 2.66. The summed E-state index contributed by atoms with van der Waals surface area (Å²) in [4.78, 5) is 0. The Morgan fingerprint density at radius 3 is 2.55 bits per heavy atom. The Kier molecular flexibility index (Phi) is 3.22. The Labute approximate surface area is 130 Å². The monoisotopic (exact) mass is 337 g/mol. The summed E-state index contributed by atoms with van der Waals surface area (Å²) >= 11 is 3.61. The normalized spacial score (nSPS) is 24.1. The van der Waals surface area contributed by atoms with Crippen molar-refractivity contribution < 1.29 is 4.74 Å². The van der Waals surface area contributed by atoms with Crippen LogP contribution in [0.5, 0.6) is 5.75 Å². The van der Waals surface area contributed by atoms with Crippen LogP contribution in [-0.4, -0.2) is 12.6 Å². The number of halogens is 1. The lowest BCUT2D eigenvalue weighted by molar-refractivity contribution is 0.351. The zero-order valence-electron chi connectivity index (χ0n) is 12.8. The predicted molar refractivity (Wildman–Crippen MR) is 86.1 cm³/mol. The summed E-state index contributed by atoms with van der Waals surface area (Å²) in [6.45, 7) is 10.1. The number of hydrogen-bond donors (Lipinski definition) is 1. The maximum absolute atomic E-state index is 6.54. The van der Waals surface area contributed by atoms with Crippen LogP contribution in [0.25, 0.3) is 0 Å². The highest BCUT2D eigenvalue weighted by Crippen LogP contribution is 2.69. The molecule has 2 nitrogen and oxygen atoms in total. The lowest BCUT2D eigenvalue weighted by Gasteiger charge is -2.16. The van der Waals surface area contributed by atoms with E-state index in [1.807, 2.05) is 0 Å². The fourth-order valence-corrected chi connectivity index (χ4v) is 4.74. The maximum atomic E-state index is 6.54. The van der Waals surface area contributed by atoms with Gasteiger partial charge >= 0.3 is 0 Å². The lowest BCUT2D eigenvalue weighted by atomic mass is 9.96. The number of nitrogens with two attached hydrogens (primary N) is 1. The first-order valence-corrected chi connectivity index (χ1v) is 8.24. The van der Waals surface area contributed by atoms with Crippen LogP contribution in [0.2, 0.25) is 0 Å². The standard InChI is InChI=1S/C17H24BrNO/c1-16(2)15(17(16,3)4)13(19)9-11-8-12(18)7-10-5-6-20-14(10)11/h7-8,13,15H,5-6,9,19H2,1-4H3. The molecule has 3 rings (SSSR count). The van der Waals surface area contributed by atoms with E-state index in [1.54, 1.807) is 0 Å². The highest BCUT2D eigenvalue weighted by atomic mass is 79.9. The molecular weight excluding hydrogens is 314 g/mol. The van der Waals surface area contributed by atoms with Crippen LogP contribution in [0.1, 0.15) is 38.8 Å². The Bertz CT molecular complexity index is 536. The van der Waals surface area contributed by atoms with E-state index < -0.39 is 0 Å². The molecule has 0 aromatic heterocycles. The third kappa shape index (κ3) is 2.01. The van der Waals surface area contributed by atoms with E-state index in [0.29, 0.717) is 16.7 Å². The smallest absolute Gasteiger partial charge is 0.125 e. The average molecular weight is 338 g/mol. The Morgan fingerprint density at radius 2 is 1.95 bits per heavy atom. The third-order valence-electron chi connectivity index (χ3n) is 5.84. The zero-order chi connectivity index (χ0) is 14.7. The summed E-state index contributed by atoms with van der Waals surface area (Å²) in [5.41, 5.74) is 9.78. The fourth-order valence-electron chi connectivity index (χ4n) is 4.19. The number of rotatable bonds is 3. The molecule has 0 saturated heterocycles. The molecule has 1 aromatic carbocycles. The van der Waals surface area contributed by atoms with E-state index >= 15 is 0 Å². The van der Waals surface area contributed by atoms with Crippen molar-refractivity contribution in [1.82, 2.24) is 0 Å². The van der Waals surface area contributed by atoms with Gasteiger partial charge in [0, 0.05) is 16.9 Å². The van der Waals surface area contributed by atoms with Gasteiger partial charge in [-0.1, -0.05) is 43.6 Å². The Balaban J connectivity index is 1.83. The number of benzene rings is 1. The van der Waals surface area contributed by atoms with Crippen molar-refractivity contribution in [2.45, 2.75) is 46.6 Å². The van der Waals surface area contributed by atoms with E-state index in [2.05, 4.69) is 55.8 Å². The molecule has 2 N–H and O–H groups in total. The van der Waals surface area contributed by atoms with Gasteiger partial charge in [0.2, 0.25) is 0 Å². The second kappa shape index (κ2) is 4.48.